The summed E-state index contributed by atoms with van der Waals surface area (Å²) >= 11 is 0. The van der Waals surface area contributed by atoms with Crippen LogP contribution in [0.2, 0.25) is 0 Å². The molecule has 7 heteroatoms. The van der Waals surface area contributed by atoms with Crippen molar-refractivity contribution in [2.24, 2.45) is 0 Å². The van der Waals surface area contributed by atoms with Crippen molar-refractivity contribution < 1.29 is 9.53 Å². The Kier molecular flexibility index (Phi) is 5.87. The van der Waals surface area contributed by atoms with Crippen LogP contribution in [0.1, 0.15) is 18.4 Å². The van der Waals surface area contributed by atoms with Gasteiger partial charge in [0.05, 0.1) is 6.10 Å². The summed E-state index contributed by atoms with van der Waals surface area (Å²) in [7, 11) is 2.14. The molecule has 0 bridgehead atoms. The van der Waals surface area contributed by atoms with Crippen LogP contribution in [0, 0.1) is 0 Å². The molecule has 0 aromatic carbocycles. The molecule has 2 amide bonds. The van der Waals surface area contributed by atoms with Gasteiger partial charge in [0.25, 0.3) is 0 Å². The Labute approximate surface area is 143 Å². The van der Waals surface area contributed by atoms with Crippen molar-refractivity contribution in [1.82, 2.24) is 20.5 Å². The summed E-state index contributed by atoms with van der Waals surface area (Å²) in [6, 6.07) is 3.90. The van der Waals surface area contributed by atoms with E-state index in [9.17, 15) is 4.79 Å². The smallest absolute Gasteiger partial charge is 0.315 e. The molecule has 2 aliphatic rings. The largest absolute Gasteiger partial charge is 0.376 e. The normalized spacial score (nSPS) is 21.7. The lowest BCUT2D eigenvalue weighted by Crippen LogP contribution is -2.44. The first kappa shape index (κ1) is 17.0. The number of pyridine rings is 1. The molecule has 2 fully saturated rings. The first-order valence-corrected chi connectivity index (χ1v) is 8.72. The van der Waals surface area contributed by atoms with Crippen LogP contribution in [0.5, 0.6) is 0 Å². The van der Waals surface area contributed by atoms with Gasteiger partial charge in [-0.25, -0.2) is 9.78 Å². The maximum absolute atomic E-state index is 11.8. The van der Waals surface area contributed by atoms with Gasteiger partial charge in [-0.1, -0.05) is 6.07 Å². The molecular formula is C17H27N5O2. The van der Waals surface area contributed by atoms with Gasteiger partial charge in [-0.05, 0) is 31.5 Å². The van der Waals surface area contributed by atoms with Crippen LogP contribution in [-0.2, 0) is 11.3 Å². The van der Waals surface area contributed by atoms with Gasteiger partial charge in [0, 0.05) is 52.1 Å². The first-order chi connectivity index (χ1) is 11.7. The molecule has 2 saturated heterocycles. The minimum Gasteiger partial charge on any atom is -0.376 e. The third-order valence-electron chi connectivity index (χ3n) is 4.60. The minimum absolute atomic E-state index is 0.159. The highest BCUT2D eigenvalue weighted by atomic mass is 16.5. The van der Waals surface area contributed by atoms with Crippen LogP contribution in [0.3, 0.4) is 0 Å². The van der Waals surface area contributed by atoms with E-state index in [2.05, 4.69) is 32.5 Å². The van der Waals surface area contributed by atoms with Crippen LogP contribution in [0.15, 0.2) is 18.3 Å². The highest BCUT2D eigenvalue weighted by Gasteiger charge is 2.16. The van der Waals surface area contributed by atoms with Crippen molar-refractivity contribution in [3.05, 3.63) is 23.9 Å². The summed E-state index contributed by atoms with van der Waals surface area (Å²) in [6.07, 6.45) is 4.12. The molecule has 0 unspecified atom stereocenters. The molecule has 3 rings (SSSR count). The molecule has 7 nitrogen and oxygen atoms in total. The molecule has 0 saturated carbocycles. The molecule has 3 heterocycles. The Morgan fingerprint density at radius 1 is 1.29 bits per heavy atom. The zero-order valence-corrected chi connectivity index (χ0v) is 14.3. The lowest BCUT2D eigenvalue weighted by atomic mass is 10.2. The zero-order valence-electron chi connectivity index (χ0n) is 14.3. The molecule has 1 aromatic heterocycles. The fraction of sp³-hybridized carbons (Fsp3) is 0.647. The van der Waals surface area contributed by atoms with Crippen LogP contribution < -0.4 is 15.5 Å². The van der Waals surface area contributed by atoms with Crippen molar-refractivity contribution in [1.29, 1.82) is 0 Å². The predicted molar refractivity (Wildman–Crippen MR) is 93.2 cm³/mol. The van der Waals surface area contributed by atoms with E-state index >= 15 is 0 Å². The summed E-state index contributed by atoms with van der Waals surface area (Å²) in [5.74, 6) is 1.01. The third-order valence-corrected chi connectivity index (χ3v) is 4.60. The number of piperazine rings is 1. The Morgan fingerprint density at radius 2 is 2.12 bits per heavy atom. The van der Waals surface area contributed by atoms with Crippen molar-refractivity contribution in [3.63, 3.8) is 0 Å². The number of nitrogens with one attached hydrogen (secondary N) is 2. The van der Waals surface area contributed by atoms with E-state index in [1.807, 2.05) is 18.3 Å². The topological polar surface area (TPSA) is 69.7 Å². The molecule has 132 valence electrons. The molecule has 0 aliphatic carbocycles. The molecule has 24 heavy (non-hydrogen) atoms. The number of likely N-dealkylation sites (N-methyl/N-ethyl adjacent to an activating group) is 1. The number of nitrogens with zero attached hydrogens (tertiary/aromatic N) is 3. The highest BCUT2D eigenvalue weighted by molar-refractivity contribution is 5.73. The van der Waals surface area contributed by atoms with E-state index in [-0.39, 0.29) is 12.1 Å². The molecule has 1 aromatic rings. The van der Waals surface area contributed by atoms with Crippen LogP contribution >= 0.6 is 0 Å². The van der Waals surface area contributed by atoms with E-state index in [1.54, 1.807) is 0 Å². The Balaban J connectivity index is 1.40. The summed E-state index contributed by atoms with van der Waals surface area (Å²) in [5.41, 5.74) is 1.00. The Bertz CT molecular complexity index is 522. The second kappa shape index (κ2) is 8.30. The molecule has 1 atom stereocenters. The van der Waals surface area contributed by atoms with Gasteiger partial charge in [0.2, 0.25) is 0 Å². The highest BCUT2D eigenvalue weighted by Crippen LogP contribution is 2.13. The molecule has 0 spiro atoms. The SMILES string of the molecule is CN1CCN(c2ccc(CNC(=O)NC[C@H]3CCCO3)cn2)CC1. The van der Waals surface area contributed by atoms with Gasteiger partial charge in [-0.15, -0.1) is 0 Å². The number of carbonyl (C=O) groups excluding carboxylic acids is 1. The maximum Gasteiger partial charge on any atom is 0.315 e. The van der Waals surface area contributed by atoms with Crippen molar-refractivity contribution >= 4 is 11.8 Å². The lowest BCUT2D eigenvalue weighted by Gasteiger charge is -2.33. The van der Waals surface area contributed by atoms with Gasteiger partial charge in [-0.2, -0.15) is 0 Å². The van der Waals surface area contributed by atoms with Crippen LogP contribution in [0.4, 0.5) is 10.6 Å². The van der Waals surface area contributed by atoms with E-state index in [0.717, 1.165) is 57.0 Å². The molecule has 2 N–H and O–H groups in total. The van der Waals surface area contributed by atoms with Crippen molar-refractivity contribution in [2.75, 3.05) is 51.3 Å². The number of ether oxygens (including phenoxy) is 1. The van der Waals surface area contributed by atoms with Crippen molar-refractivity contribution in [2.45, 2.75) is 25.5 Å². The number of anilines is 1. The fourth-order valence-corrected chi connectivity index (χ4v) is 3.00. The van der Waals surface area contributed by atoms with Crippen molar-refractivity contribution in [3.8, 4) is 0 Å². The quantitative estimate of drug-likeness (QED) is 0.835. The second-order valence-corrected chi connectivity index (χ2v) is 6.51. The number of amides is 2. The van der Waals surface area contributed by atoms with E-state index in [0.29, 0.717) is 13.1 Å². The van der Waals surface area contributed by atoms with E-state index < -0.39 is 0 Å². The lowest BCUT2D eigenvalue weighted by molar-refractivity contribution is 0.111. The number of hydrogen-bond acceptors (Lipinski definition) is 5. The second-order valence-electron chi connectivity index (χ2n) is 6.51. The van der Waals surface area contributed by atoms with Gasteiger partial charge in [0.15, 0.2) is 0 Å². The Morgan fingerprint density at radius 3 is 2.79 bits per heavy atom. The molecule has 0 radical (unpaired) electrons. The summed E-state index contributed by atoms with van der Waals surface area (Å²) in [5, 5.41) is 5.72. The monoisotopic (exact) mass is 333 g/mol. The summed E-state index contributed by atoms with van der Waals surface area (Å²) in [4.78, 5) is 21.0. The number of urea groups is 1. The van der Waals surface area contributed by atoms with Gasteiger partial charge in [0.1, 0.15) is 5.82 Å². The summed E-state index contributed by atoms with van der Waals surface area (Å²) < 4.78 is 5.48. The number of rotatable bonds is 5. The van der Waals surface area contributed by atoms with E-state index in [4.69, 9.17) is 4.74 Å². The van der Waals surface area contributed by atoms with Gasteiger partial charge >= 0.3 is 6.03 Å². The number of hydrogen-bond donors (Lipinski definition) is 2. The standard InChI is InChI=1S/C17H27N5O2/c1-21-6-8-22(9-7-21)16-5-4-14(11-18-16)12-19-17(23)20-13-15-3-2-10-24-15/h4-5,11,15H,2-3,6-10,12-13H2,1H3,(H2,19,20,23)/t15-/m1/s1. The van der Waals surface area contributed by atoms with E-state index in [1.165, 1.54) is 0 Å². The predicted octanol–water partition coefficient (Wildman–Crippen LogP) is 0.812. The maximum atomic E-state index is 11.8. The summed E-state index contributed by atoms with van der Waals surface area (Å²) in [6.45, 7) is 6.00. The van der Waals surface area contributed by atoms with Crippen LogP contribution in [-0.4, -0.2) is 68.4 Å². The zero-order chi connectivity index (χ0) is 16.8. The molecule has 2 aliphatic heterocycles. The fourth-order valence-electron chi connectivity index (χ4n) is 3.00. The van der Waals surface area contributed by atoms with Gasteiger partial charge < -0.3 is 25.2 Å². The molecular weight excluding hydrogens is 306 g/mol. The average Bonchev–Trinajstić information content (AvgIpc) is 3.13. The Hall–Kier alpha value is -1.86. The number of carbonyl (C=O) groups is 1. The average molecular weight is 333 g/mol. The number of aromatic nitrogens is 1. The minimum atomic E-state index is -0.159. The van der Waals surface area contributed by atoms with Crippen LogP contribution in [0.25, 0.3) is 0 Å². The first-order valence-electron chi connectivity index (χ1n) is 8.72. The third kappa shape index (κ3) is 4.82. The van der Waals surface area contributed by atoms with Gasteiger partial charge in [-0.3, -0.25) is 0 Å².